The lowest BCUT2D eigenvalue weighted by Gasteiger charge is -2.29. The zero-order chi connectivity index (χ0) is 19.2. The normalized spacial score (nSPS) is 13.7. The second-order valence-corrected chi connectivity index (χ2v) is 7.90. The van der Waals surface area contributed by atoms with Gasteiger partial charge >= 0.3 is 0 Å². The topological polar surface area (TPSA) is 70.2 Å². The van der Waals surface area contributed by atoms with Gasteiger partial charge in [0, 0.05) is 37.9 Å². The summed E-state index contributed by atoms with van der Waals surface area (Å²) in [4.78, 5) is 22.8. The van der Waals surface area contributed by atoms with Crippen molar-refractivity contribution >= 4 is 39.3 Å². The summed E-state index contributed by atoms with van der Waals surface area (Å²) in [5.74, 6) is 1.83. The van der Waals surface area contributed by atoms with Crippen LogP contribution >= 0.6 is 15.9 Å². The molecule has 27 heavy (non-hydrogen) atoms. The molecule has 1 aromatic heterocycles. The second kappa shape index (κ2) is 9.17. The predicted octanol–water partition coefficient (Wildman–Crippen LogP) is 4.35. The number of hydrogen-bond donors (Lipinski definition) is 2. The molecule has 1 aromatic carbocycles. The van der Waals surface area contributed by atoms with Gasteiger partial charge in [-0.1, -0.05) is 24.1 Å². The molecule has 1 amide bonds. The fourth-order valence-electron chi connectivity index (χ4n) is 2.92. The highest BCUT2D eigenvalue weighted by Gasteiger charge is 2.27. The number of carbonyl (C=O) groups is 1. The SMILES string of the molecule is Cc1ccc(Nc2ncc(Br)c(NCCCN(C)C(=O)C3CCC3)n2)cc1. The third-order valence-electron chi connectivity index (χ3n) is 4.85. The van der Waals surface area contributed by atoms with E-state index in [0.717, 1.165) is 48.3 Å². The highest BCUT2D eigenvalue weighted by molar-refractivity contribution is 9.10. The smallest absolute Gasteiger partial charge is 0.229 e. The van der Waals surface area contributed by atoms with Crippen molar-refractivity contribution in [3.63, 3.8) is 0 Å². The first-order valence-corrected chi connectivity index (χ1v) is 10.2. The zero-order valence-electron chi connectivity index (χ0n) is 15.8. The third kappa shape index (κ3) is 5.42. The molecule has 1 aliphatic rings. The number of nitrogens with one attached hydrogen (secondary N) is 2. The highest BCUT2D eigenvalue weighted by Crippen LogP contribution is 2.28. The van der Waals surface area contributed by atoms with Crippen LogP contribution in [0.4, 0.5) is 17.5 Å². The molecule has 2 N–H and O–H groups in total. The molecular formula is C20H26BrN5O. The van der Waals surface area contributed by atoms with Gasteiger partial charge in [-0.2, -0.15) is 4.98 Å². The van der Waals surface area contributed by atoms with Crippen LogP contribution in [0.2, 0.25) is 0 Å². The van der Waals surface area contributed by atoms with Crippen molar-refractivity contribution in [3.8, 4) is 0 Å². The lowest BCUT2D eigenvalue weighted by Crippen LogP contribution is -2.37. The van der Waals surface area contributed by atoms with Gasteiger partial charge in [-0.3, -0.25) is 4.79 Å². The van der Waals surface area contributed by atoms with Crippen LogP contribution in [0.5, 0.6) is 0 Å². The Morgan fingerprint density at radius 3 is 2.70 bits per heavy atom. The van der Waals surface area contributed by atoms with E-state index in [1.54, 1.807) is 6.20 Å². The quantitative estimate of drug-likeness (QED) is 0.607. The van der Waals surface area contributed by atoms with E-state index in [0.29, 0.717) is 5.95 Å². The largest absolute Gasteiger partial charge is 0.369 e. The highest BCUT2D eigenvalue weighted by atomic mass is 79.9. The maximum Gasteiger partial charge on any atom is 0.229 e. The molecule has 0 bridgehead atoms. The van der Waals surface area contributed by atoms with E-state index in [1.165, 1.54) is 12.0 Å². The van der Waals surface area contributed by atoms with E-state index >= 15 is 0 Å². The fourth-order valence-corrected chi connectivity index (χ4v) is 3.25. The van der Waals surface area contributed by atoms with Crippen LogP contribution in [0.1, 0.15) is 31.2 Å². The van der Waals surface area contributed by atoms with Gasteiger partial charge in [-0.25, -0.2) is 4.98 Å². The average molecular weight is 432 g/mol. The van der Waals surface area contributed by atoms with Crippen molar-refractivity contribution in [1.29, 1.82) is 0 Å². The minimum Gasteiger partial charge on any atom is -0.369 e. The average Bonchev–Trinajstić information content (AvgIpc) is 2.61. The maximum atomic E-state index is 12.2. The second-order valence-electron chi connectivity index (χ2n) is 7.05. The summed E-state index contributed by atoms with van der Waals surface area (Å²) in [6.07, 6.45) is 5.88. The first kappa shape index (κ1) is 19.6. The number of amides is 1. The van der Waals surface area contributed by atoms with Crippen LogP contribution in [0.3, 0.4) is 0 Å². The Bertz CT molecular complexity index is 776. The van der Waals surface area contributed by atoms with E-state index < -0.39 is 0 Å². The van der Waals surface area contributed by atoms with Gasteiger partial charge in [0.25, 0.3) is 0 Å². The Labute approximate surface area is 168 Å². The summed E-state index contributed by atoms with van der Waals surface area (Å²) >= 11 is 3.49. The van der Waals surface area contributed by atoms with Crippen molar-refractivity contribution in [2.24, 2.45) is 5.92 Å². The summed E-state index contributed by atoms with van der Waals surface area (Å²) in [7, 11) is 1.89. The van der Waals surface area contributed by atoms with Gasteiger partial charge in [-0.05, 0) is 54.2 Å². The van der Waals surface area contributed by atoms with Gasteiger partial charge in [-0.15, -0.1) is 0 Å². The van der Waals surface area contributed by atoms with E-state index in [2.05, 4.69) is 43.5 Å². The van der Waals surface area contributed by atoms with Gasteiger partial charge in [0.05, 0.1) is 4.47 Å². The number of rotatable bonds is 8. The Morgan fingerprint density at radius 1 is 1.30 bits per heavy atom. The standard InChI is InChI=1S/C20H26BrN5O/c1-14-7-9-16(10-8-14)24-20-23-13-17(21)18(25-20)22-11-4-12-26(2)19(27)15-5-3-6-15/h7-10,13,15H,3-6,11-12H2,1-2H3,(H2,22,23,24,25). The summed E-state index contributed by atoms with van der Waals surface area (Å²) in [5.41, 5.74) is 2.16. The van der Waals surface area contributed by atoms with Crippen LogP contribution < -0.4 is 10.6 Å². The minimum atomic E-state index is 0.259. The molecule has 0 saturated heterocycles. The number of carbonyl (C=O) groups excluding carboxylic acids is 1. The van der Waals surface area contributed by atoms with E-state index in [1.807, 2.05) is 36.2 Å². The molecule has 144 valence electrons. The van der Waals surface area contributed by atoms with Gasteiger partial charge in [0.1, 0.15) is 5.82 Å². The van der Waals surface area contributed by atoms with E-state index in [-0.39, 0.29) is 11.8 Å². The molecule has 7 heteroatoms. The first-order valence-electron chi connectivity index (χ1n) is 9.38. The molecule has 0 unspecified atom stereocenters. The number of hydrogen-bond acceptors (Lipinski definition) is 5. The molecule has 6 nitrogen and oxygen atoms in total. The first-order chi connectivity index (χ1) is 13.0. The number of halogens is 1. The molecule has 0 aliphatic heterocycles. The van der Waals surface area contributed by atoms with Crippen LogP contribution in [0.15, 0.2) is 34.9 Å². The zero-order valence-corrected chi connectivity index (χ0v) is 17.4. The van der Waals surface area contributed by atoms with Crippen molar-refractivity contribution < 1.29 is 4.79 Å². The number of aromatic nitrogens is 2. The lowest BCUT2D eigenvalue weighted by molar-refractivity contribution is -0.136. The summed E-state index contributed by atoms with van der Waals surface area (Å²) in [5, 5.41) is 6.54. The van der Waals surface area contributed by atoms with E-state index in [9.17, 15) is 4.79 Å². The Morgan fingerprint density at radius 2 is 2.04 bits per heavy atom. The Kier molecular flexibility index (Phi) is 6.66. The van der Waals surface area contributed by atoms with Crippen LogP contribution in [0.25, 0.3) is 0 Å². The van der Waals surface area contributed by atoms with Crippen LogP contribution in [-0.2, 0) is 4.79 Å². The monoisotopic (exact) mass is 431 g/mol. The van der Waals surface area contributed by atoms with Crippen molar-refractivity contribution in [1.82, 2.24) is 14.9 Å². The van der Waals surface area contributed by atoms with E-state index in [4.69, 9.17) is 0 Å². The third-order valence-corrected chi connectivity index (χ3v) is 5.43. The predicted molar refractivity (Wildman–Crippen MR) is 112 cm³/mol. The molecule has 0 atom stereocenters. The molecule has 1 saturated carbocycles. The molecule has 2 aromatic rings. The fraction of sp³-hybridized carbons (Fsp3) is 0.450. The molecule has 3 rings (SSSR count). The summed E-state index contributed by atoms with van der Waals surface area (Å²) in [6, 6.07) is 8.09. The van der Waals surface area contributed by atoms with Gasteiger partial charge in [0.15, 0.2) is 0 Å². The number of benzene rings is 1. The number of aryl methyl sites for hydroxylation is 1. The molecule has 0 spiro atoms. The van der Waals surface area contributed by atoms with Crippen molar-refractivity contribution in [3.05, 3.63) is 40.5 Å². The number of anilines is 3. The lowest BCUT2D eigenvalue weighted by atomic mass is 9.84. The Hall–Kier alpha value is -2.15. The van der Waals surface area contributed by atoms with Crippen LogP contribution in [-0.4, -0.2) is 40.9 Å². The molecule has 1 aliphatic carbocycles. The molecule has 1 fully saturated rings. The summed E-state index contributed by atoms with van der Waals surface area (Å²) in [6.45, 7) is 3.54. The Balaban J connectivity index is 1.49. The maximum absolute atomic E-state index is 12.2. The van der Waals surface area contributed by atoms with Gasteiger partial charge < -0.3 is 15.5 Å². The minimum absolute atomic E-state index is 0.259. The van der Waals surface area contributed by atoms with Crippen molar-refractivity contribution in [2.75, 3.05) is 30.8 Å². The molecular weight excluding hydrogens is 406 g/mol. The molecule has 0 radical (unpaired) electrons. The molecule has 1 heterocycles. The summed E-state index contributed by atoms with van der Waals surface area (Å²) < 4.78 is 0.816. The van der Waals surface area contributed by atoms with Crippen LogP contribution in [0, 0.1) is 12.8 Å². The van der Waals surface area contributed by atoms with Crippen molar-refractivity contribution in [2.45, 2.75) is 32.6 Å². The van der Waals surface area contributed by atoms with Gasteiger partial charge in [0.2, 0.25) is 11.9 Å². The number of nitrogens with zero attached hydrogens (tertiary/aromatic N) is 3.